The summed E-state index contributed by atoms with van der Waals surface area (Å²) in [5.74, 6) is -0.642. The molecule has 1 aliphatic rings. The van der Waals surface area contributed by atoms with Crippen molar-refractivity contribution in [1.82, 2.24) is 5.32 Å². The van der Waals surface area contributed by atoms with Gasteiger partial charge in [-0.3, -0.25) is 4.79 Å². The molecule has 116 valence electrons. The van der Waals surface area contributed by atoms with E-state index in [1.165, 1.54) is 11.3 Å². The Hall–Kier alpha value is -1.88. The zero-order valence-corrected chi connectivity index (χ0v) is 13.3. The van der Waals surface area contributed by atoms with Crippen molar-refractivity contribution in [2.75, 3.05) is 0 Å². The minimum Gasteiger partial charge on any atom is -0.448 e. The second-order valence-corrected chi connectivity index (χ2v) is 6.77. The van der Waals surface area contributed by atoms with Gasteiger partial charge in [-0.1, -0.05) is 31.0 Å². The highest BCUT2D eigenvalue weighted by atomic mass is 32.1. The van der Waals surface area contributed by atoms with Gasteiger partial charge in [-0.05, 0) is 37.3 Å². The van der Waals surface area contributed by atoms with Crippen LogP contribution in [0.15, 0.2) is 30.3 Å². The lowest BCUT2D eigenvalue weighted by molar-refractivity contribution is -0.129. The normalized spacial score (nSPS) is 16.6. The number of hydrogen-bond donors (Lipinski definition) is 1. The van der Waals surface area contributed by atoms with Crippen LogP contribution in [0, 0.1) is 0 Å². The minimum absolute atomic E-state index is 0.207. The molecule has 0 bridgehead atoms. The van der Waals surface area contributed by atoms with Crippen molar-refractivity contribution in [2.24, 2.45) is 0 Å². The monoisotopic (exact) mass is 317 g/mol. The average molecular weight is 317 g/mol. The summed E-state index contributed by atoms with van der Waals surface area (Å²) in [5.41, 5.74) is 0. The van der Waals surface area contributed by atoms with Crippen LogP contribution in [0.1, 0.15) is 42.3 Å². The second kappa shape index (κ2) is 6.48. The highest BCUT2D eigenvalue weighted by Crippen LogP contribution is 2.26. The van der Waals surface area contributed by atoms with Crippen LogP contribution in [0.5, 0.6) is 0 Å². The van der Waals surface area contributed by atoms with Crippen LogP contribution < -0.4 is 5.32 Å². The fourth-order valence-electron chi connectivity index (χ4n) is 2.74. The summed E-state index contributed by atoms with van der Waals surface area (Å²) in [6, 6.07) is 9.83. The van der Waals surface area contributed by atoms with Gasteiger partial charge in [0.15, 0.2) is 6.10 Å². The highest BCUT2D eigenvalue weighted by molar-refractivity contribution is 7.20. The number of hydrogen-bond acceptors (Lipinski definition) is 4. The Morgan fingerprint density at radius 1 is 1.27 bits per heavy atom. The number of thiophene rings is 1. The van der Waals surface area contributed by atoms with Crippen molar-refractivity contribution < 1.29 is 14.3 Å². The van der Waals surface area contributed by atoms with Gasteiger partial charge in [0.25, 0.3) is 5.91 Å². The molecule has 0 unspecified atom stereocenters. The van der Waals surface area contributed by atoms with Crippen molar-refractivity contribution in [2.45, 2.75) is 44.8 Å². The smallest absolute Gasteiger partial charge is 0.349 e. The van der Waals surface area contributed by atoms with Gasteiger partial charge in [0, 0.05) is 10.7 Å². The van der Waals surface area contributed by atoms with E-state index < -0.39 is 12.1 Å². The third-order valence-corrected chi connectivity index (χ3v) is 5.08. The molecular weight excluding hydrogens is 298 g/mol. The third kappa shape index (κ3) is 3.30. The van der Waals surface area contributed by atoms with Crippen LogP contribution in [-0.4, -0.2) is 24.0 Å². The van der Waals surface area contributed by atoms with Crippen molar-refractivity contribution in [3.8, 4) is 0 Å². The lowest BCUT2D eigenvalue weighted by Gasteiger charge is -2.16. The van der Waals surface area contributed by atoms with Crippen molar-refractivity contribution in [3.05, 3.63) is 35.2 Å². The van der Waals surface area contributed by atoms with Crippen LogP contribution in [0.3, 0.4) is 0 Å². The number of rotatable bonds is 4. The molecule has 1 aromatic carbocycles. The lowest BCUT2D eigenvalue weighted by atomic mass is 10.2. The molecule has 1 heterocycles. The van der Waals surface area contributed by atoms with Gasteiger partial charge in [-0.25, -0.2) is 4.79 Å². The van der Waals surface area contributed by atoms with Crippen molar-refractivity contribution >= 4 is 33.3 Å². The zero-order chi connectivity index (χ0) is 15.5. The van der Waals surface area contributed by atoms with Gasteiger partial charge >= 0.3 is 5.97 Å². The van der Waals surface area contributed by atoms with E-state index in [-0.39, 0.29) is 11.9 Å². The molecule has 0 aliphatic heterocycles. The number of ether oxygens (including phenoxy) is 1. The lowest BCUT2D eigenvalue weighted by Crippen LogP contribution is -2.40. The maximum absolute atomic E-state index is 12.2. The first kappa shape index (κ1) is 15.0. The van der Waals surface area contributed by atoms with Gasteiger partial charge in [0.05, 0.1) is 0 Å². The fourth-order valence-corrected chi connectivity index (χ4v) is 3.69. The Labute approximate surface area is 133 Å². The minimum atomic E-state index is -0.765. The Balaban J connectivity index is 1.61. The number of esters is 1. The van der Waals surface area contributed by atoms with Gasteiger partial charge < -0.3 is 10.1 Å². The summed E-state index contributed by atoms with van der Waals surface area (Å²) in [5, 5.41) is 3.97. The molecule has 5 heteroatoms. The van der Waals surface area contributed by atoms with Crippen LogP contribution in [0.2, 0.25) is 0 Å². The highest BCUT2D eigenvalue weighted by Gasteiger charge is 2.24. The predicted molar refractivity (Wildman–Crippen MR) is 87.1 cm³/mol. The number of nitrogens with one attached hydrogen (secondary N) is 1. The standard InChI is InChI=1S/C17H19NO3S/c1-11(16(19)18-13-7-3-4-8-13)21-17(20)15-10-12-6-2-5-9-14(12)22-15/h2,5-6,9-11,13H,3-4,7-8H2,1H3,(H,18,19)/t11-/m1/s1. The second-order valence-electron chi connectivity index (χ2n) is 5.69. The van der Waals surface area contributed by atoms with E-state index in [0.717, 1.165) is 35.8 Å². The SMILES string of the molecule is C[C@@H](OC(=O)c1cc2ccccc2s1)C(=O)NC1CCCC1. The Morgan fingerprint density at radius 3 is 2.73 bits per heavy atom. The summed E-state index contributed by atoms with van der Waals surface area (Å²) in [7, 11) is 0. The molecule has 1 fully saturated rings. The molecule has 1 aliphatic carbocycles. The average Bonchev–Trinajstić information content (AvgIpc) is 3.15. The Bertz CT molecular complexity index is 655. The molecule has 0 radical (unpaired) electrons. The topological polar surface area (TPSA) is 55.4 Å². The van der Waals surface area contributed by atoms with Gasteiger partial charge in [0.1, 0.15) is 4.88 Å². The van der Waals surface area contributed by atoms with E-state index in [4.69, 9.17) is 4.74 Å². The third-order valence-electron chi connectivity index (χ3n) is 3.98. The van der Waals surface area contributed by atoms with E-state index in [2.05, 4.69) is 5.32 Å². The van der Waals surface area contributed by atoms with Crippen LogP contribution in [0.4, 0.5) is 0 Å². The Kier molecular flexibility index (Phi) is 4.43. The molecule has 3 rings (SSSR count). The Morgan fingerprint density at radius 2 is 2.00 bits per heavy atom. The summed E-state index contributed by atoms with van der Waals surface area (Å²) in [6.45, 7) is 1.62. The van der Waals surface area contributed by atoms with E-state index >= 15 is 0 Å². The fraction of sp³-hybridized carbons (Fsp3) is 0.412. The van der Waals surface area contributed by atoms with Crippen molar-refractivity contribution in [3.63, 3.8) is 0 Å². The largest absolute Gasteiger partial charge is 0.448 e. The van der Waals surface area contributed by atoms with Crippen LogP contribution >= 0.6 is 11.3 Å². The first-order chi connectivity index (χ1) is 10.6. The molecule has 4 nitrogen and oxygen atoms in total. The molecule has 2 aromatic rings. The number of benzene rings is 1. The quantitative estimate of drug-likeness (QED) is 0.878. The summed E-state index contributed by atoms with van der Waals surface area (Å²) in [6.07, 6.45) is 3.58. The molecule has 1 aromatic heterocycles. The van der Waals surface area contributed by atoms with Gasteiger partial charge in [-0.2, -0.15) is 0 Å². The molecular formula is C17H19NO3S. The number of carbonyl (C=O) groups excluding carboxylic acids is 2. The van der Waals surface area contributed by atoms with E-state index in [1.807, 2.05) is 30.3 Å². The molecule has 1 atom stereocenters. The molecule has 1 amide bonds. The summed E-state index contributed by atoms with van der Waals surface area (Å²) >= 11 is 1.39. The molecule has 0 saturated heterocycles. The number of fused-ring (bicyclic) bond motifs is 1. The first-order valence-corrected chi connectivity index (χ1v) is 8.45. The van der Waals surface area contributed by atoms with Gasteiger partial charge in [-0.15, -0.1) is 11.3 Å². The number of carbonyl (C=O) groups is 2. The van der Waals surface area contributed by atoms with E-state index in [0.29, 0.717) is 4.88 Å². The molecule has 1 saturated carbocycles. The first-order valence-electron chi connectivity index (χ1n) is 7.63. The van der Waals surface area contributed by atoms with Crippen molar-refractivity contribution in [1.29, 1.82) is 0 Å². The van der Waals surface area contributed by atoms with Crippen LogP contribution in [-0.2, 0) is 9.53 Å². The predicted octanol–water partition coefficient (Wildman–Crippen LogP) is 3.51. The summed E-state index contributed by atoms with van der Waals surface area (Å²) < 4.78 is 6.34. The maximum Gasteiger partial charge on any atom is 0.349 e. The number of amides is 1. The molecule has 22 heavy (non-hydrogen) atoms. The van der Waals surface area contributed by atoms with Gasteiger partial charge in [0.2, 0.25) is 0 Å². The van der Waals surface area contributed by atoms with E-state index in [1.54, 1.807) is 6.92 Å². The van der Waals surface area contributed by atoms with Crippen LogP contribution in [0.25, 0.3) is 10.1 Å². The zero-order valence-electron chi connectivity index (χ0n) is 12.5. The van der Waals surface area contributed by atoms with E-state index in [9.17, 15) is 9.59 Å². The maximum atomic E-state index is 12.2. The molecule has 1 N–H and O–H groups in total. The summed E-state index contributed by atoms with van der Waals surface area (Å²) in [4.78, 5) is 24.8. The molecule has 0 spiro atoms.